The van der Waals surface area contributed by atoms with Gasteiger partial charge in [-0.2, -0.15) is 0 Å². The van der Waals surface area contributed by atoms with Gasteiger partial charge in [-0.05, 0) is 36.8 Å². The van der Waals surface area contributed by atoms with Crippen LogP contribution in [0.15, 0.2) is 34.9 Å². The minimum Gasteiger partial charge on any atom is -0.496 e. The van der Waals surface area contributed by atoms with E-state index in [4.69, 9.17) is 32.4 Å². The molecule has 17 heavy (non-hydrogen) atoms. The molecule has 1 heterocycles. The second-order valence-corrected chi connectivity index (χ2v) is 4.59. The van der Waals surface area contributed by atoms with Gasteiger partial charge in [0.25, 0.3) is 0 Å². The third-order valence-corrected chi connectivity index (χ3v) is 3.27. The Balaban J connectivity index is 2.46. The van der Waals surface area contributed by atoms with Crippen molar-refractivity contribution >= 4 is 23.2 Å². The summed E-state index contributed by atoms with van der Waals surface area (Å²) in [7, 11) is 1.60. The van der Waals surface area contributed by atoms with Gasteiger partial charge in [0.15, 0.2) is 0 Å². The third-order valence-electron chi connectivity index (χ3n) is 2.60. The summed E-state index contributed by atoms with van der Waals surface area (Å²) < 4.78 is 10.7. The molecule has 0 aliphatic carbocycles. The zero-order chi connectivity index (χ0) is 12.4. The van der Waals surface area contributed by atoms with Gasteiger partial charge >= 0.3 is 0 Å². The van der Waals surface area contributed by atoms with Crippen molar-refractivity contribution in [2.75, 3.05) is 7.11 Å². The minimum atomic E-state index is -0.404. The SMILES string of the molecule is COc1ccc(Cl)cc1C(Cl)c1occc1C. The van der Waals surface area contributed by atoms with E-state index in [0.717, 1.165) is 11.1 Å². The van der Waals surface area contributed by atoms with Crippen LogP contribution < -0.4 is 4.74 Å². The summed E-state index contributed by atoms with van der Waals surface area (Å²) in [6.45, 7) is 1.95. The third kappa shape index (κ3) is 2.43. The van der Waals surface area contributed by atoms with E-state index in [1.807, 2.05) is 13.0 Å². The van der Waals surface area contributed by atoms with E-state index in [-0.39, 0.29) is 0 Å². The average molecular weight is 271 g/mol. The van der Waals surface area contributed by atoms with Crippen molar-refractivity contribution < 1.29 is 9.15 Å². The van der Waals surface area contributed by atoms with Crippen molar-refractivity contribution in [2.45, 2.75) is 12.3 Å². The van der Waals surface area contributed by atoms with Crippen molar-refractivity contribution in [3.05, 3.63) is 52.4 Å². The lowest BCUT2D eigenvalue weighted by Gasteiger charge is -2.13. The zero-order valence-electron chi connectivity index (χ0n) is 9.54. The molecule has 2 nitrogen and oxygen atoms in total. The van der Waals surface area contributed by atoms with Crippen molar-refractivity contribution in [3.63, 3.8) is 0 Å². The smallest absolute Gasteiger partial charge is 0.129 e. The van der Waals surface area contributed by atoms with Crippen molar-refractivity contribution in [1.82, 2.24) is 0 Å². The fourth-order valence-corrected chi connectivity index (χ4v) is 2.26. The number of aryl methyl sites for hydroxylation is 1. The quantitative estimate of drug-likeness (QED) is 0.762. The minimum absolute atomic E-state index is 0.404. The lowest BCUT2D eigenvalue weighted by atomic mass is 10.1. The van der Waals surface area contributed by atoms with Gasteiger partial charge in [-0.3, -0.25) is 0 Å². The van der Waals surface area contributed by atoms with E-state index in [0.29, 0.717) is 16.5 Å². The van der Waals surface area contributed by atoms with Crippen LogP contribution in [0.1, 0.15) is 22.3 Å². The van der Waals surface area contributed by atoms with E-state index < -0.39 is 5.38 Å². The standard InChI is InChI=1S/C13H12Cl2O2/c1-8-5-6-17-13(8)12(15)10-7-9(14)3-4-11(10)16-2/h3-7,12H,1-2H3. The van der Waals surface area contributed by atoms with Crippen molar-refractivity contribution in [2.24, 2.45) is 0 Å². The van der Waals surface area contributed by atoms with Crippen LogP contribution in [0.5, 0.6) is 5.75 Å². The first-order valence-corrected chi connectivity index (χ1v) is 5.96. The molecule has 0 fully saturated rings. The maximum atomic E-state index is 6.40. The fourth-order valence-electron chi connectivity index (χ4n) is 1.69. The zero-order valence-corrected chi connectivity index (χ0v) is 11.0. The molecular weight excluding hydrogens is 259 g/mol. The van der Waals surface area contributed by atoms with Gasteiger partial charge in [0.2, 0.25) is 0 Å². The summed E-state index contributed by atoms with van der Waals surface area (Å²) in [5, 5.41) is 0.217. The van der Waals surface area contributed by atoms with E-state index in [9.17, 15) is 0 Å². The van der Waals surface area contributed by atoms with E-state index in [2.05, 4.69) is 0 Å². The highest BCUT2D eigenvalue weighted by molar-refractivity contribution is 6.31. The fraction of sp³-hybridized carbons (Fsp3) is 0.231. The Morgan fingerprint density at radius 2 is 2.06 bits per heavy atom. The highest BCUT2D eigenvalue weighted by Crippen LogP contribution is 2.38. The largest absolute Gasteiger partial charge is 0.496 e. The first-order valence-electron chi connectivity index (χ1n) is 5.15. The Labute approximate surface area is 110 Å². The van der Waals surface area contributed by atoms with Gasteiger partial charge in [0.05, 0.1) is 13.4 Å². The highest BCUT2D eigenvalue weighted by atomic mass is 35.5. The lowest BCUT2D eigenvalue weighted by molar-refractivity contribution is 0.408. The van der Waals surface area contributed by atoms with Gasteiger partial charge in [-0.25, -0.2) is 0 Å². The molecule has 1 aromatic carbocycles. The van der Waals surface area contributed by atoms with Crippen LogP contribution in [0, 0.1) is 6.92 Å². The number of alkyl halides is 1. The molecule has 0 aliphatic rings. The number of halogens is 2. The lowest BCUT2D eigenvalue weighted by Crippen LogP contribution is -1.97. The summed E-state index contributed by atoms with van der Waals surface area (Å²) >= 11 is 12.4. The van der Waals surface area contributed by atoms with Gasteiger partial charge in [-0.1, -0.05) is 11.6 Å². The number of rotatable bonds is 3. The molecule has 0 bridgehead atoms. The van der Waals surface area contributed by atoms with Gasteiger partial charge < -0.3 is 9.15 Å². The van der Waals surface area contributed by atoms with Crippen LogP contribution in [-0.4, -0.2) is 7.11 Å². The van der Waals surface area contributed by atoms with Gasteiger partial charge in [0.1, 0.15) is 16.9 Å². The van der Waals surface area contributed by atoms with E-state index in [1.54, 1.807) is 31.6 Å². The van der Waals surface area contributed by atoms with Crippen LogP contribution in [0.4, 0.5) is 0 Å². The summed E-state index contributed by atoms with van der Waals surface area (Å²) in [6.07, 6.45) is 1.62. The highest BCUT2D eigenvalue weighted by Gasteiger charge is 2.20. The predicted octanol–water partition coefficient (Wildman–Crippen LogP) is 4.58. The maximum absolute atomic E-state index is 6.40. The number of methoxy groups -OCH3 is 1. The number of ether oxygens (including phenoxy) is 1. The summed E-state index contributed by atoms with van der Waals surface area (Å²) in [6, 6.07) is 7.23. The maximum Gasteiger partial charge on any atom is 0.129 e. The number of hydrogen-bond acceptors (Lipinski definition) is 2. The molecule has 90 valence electrons. The normalized spacial score (nSPS) is 12.5. The first kappa shape index (κ1) is 12.3. The molecule has 0 spiro atoms. The molecule has 0 saturated heterocycles. The Morgan fingerprint density at radius 3 is 2.65 bits per heavy atom. The molecule has 2 aromatic rings. The molecule has 1 unspecified atom stereocenters. The molecule has 0 N–H and O–H groups in total. The van der Waals surface area contributed by atoms with Crippen LogP contribution in [0.3, 0.4) is 0 Å². The predicted molar refractivity (Wildman–Crippen MR) is 69.1 cm³/mol. The summed E-state index contributed by atoms with van der Waals surface area (Å²) in [5.41, 5.74) is 1.81. The first-order chi connectivity index (χ1) is 8.13. The Kier molecular flexibility index (Phi) is 3.65. The van der Waals surface area contributed by atoms with Crippen molar-refractivity contribution in [3.8, 4) is 5.75 Å². The molecule has 1 aromatic heterocycles. The number of benzene rings is 1. The molecule has 0 aliphatic heterocycles. The van der Waals surface area contributed by atoms with Crippen LogP contribution in [0.25, 0.3) is 0 Å². The van der Waals surface area contributed by atoms with Crippen LogP contribution >= 0.6 is 23.2 Å². The summed E-state index contributed by atoms with van der Waals surface area (Å²) in [5.74, 6) is 1.41. The topological polar surface area (TPSA) is 22.4 Å². The molecule has 1 atom stereocenters. The van der Waals surface area contributed by atoms with Gasteiger partial charge in [0, 0.05) is 10.6 Å². The molecule has 0 amide bonds. The van der Waals surface area contributed by atoms with Crippen LogP contribution in [0.2, 0.25) is 5.02 Å². The molecule has 2 rings (SSSR count). The Bertz CT molecular complexity index is 520. The Morgan fingerprint density at radius 1 is 1.29 bits per heavy atom. The van der Waals surface area contributed by atoms with E-state index in [1.165, 1.54) is 0 Å². The summed E-state index contributed by atoms with van der Waals surface area (Å²) in [4.78, 5) is 0. The average Bonchev–Trinajstić information content (AvgIpc) is 2.74. The number of hydrogen-bond donors (Lipinski definition) is 0. The number of furan rings is 1. The van der Waals surface area contributed by atoms with Gasteiger partial charge in [-0.15, -0.1) is 11.6 Å². The second kappa shape index (κ2) is 5.03. The monoisotopic (exact) mass is 270 g/mol. The molecule has 4 heteroatoms. The Hall–Kier alpha value is -1.12. The van der Waals surface area contributed by atoms with E-state index >= 15 is 0 Å². The molecule has 0 radical (unpaired) electrons. The molecular formula is C13H12Cl2O2. The second-order valence-electron chi connectivity index (χ2n) is 3.72. The van der Waals surface area contributed by atoms with Crippen molar-refractivity contribution in [1.29, 1.82) is 0 Å². The molecule has 0 saturated carbocycles. The van der Waals surface area contributed by atoms with Crippen LogP contribution in [-0.2, 0) is 0 Å².